The van der Waals surface area contributed by atoms with Gasteiger partial charge in [0.2, 0.25) is 0 Å². The molecule has 3 heteroatoms. The molecule has 1 aliphatic carbocycles. The highest BCUT2D eigenvalue weighted by Gasteiger charge is 2.20. The SMILES string of the molecule is CCC(O)COc1ccc(C)cc1CNC1CC1. The maximum Gasteiger partial charge on any atom is 0.123 e. The summed E-state index contributed by atoms with van der Waals surface area (Å²) in [7, 11) is 0. The zero-order valence-corrected chi connectivity index (χ0v) is 11.3. The van der Waals surface area contributed by atoms with E-state index < -0.39 is 0 Å². The van der Waals surface area contributed by atoms with Crippen LogP contribution in [-0.4, -0.2) is 23.9 Å². The predicted molar refractivity (Wildman–Crippen MR) is 72.8 cm³/mol. The normalized spacial score (nSPS) is 16.6. The van der Waals surface area contributed by atoms with Gasteiger partial charge >= 0.3 is 0 Å². The number of aliphatic hydroxyl groups excluding tert-OH is 1. The van der Waals surface area contributed by atoms with Gasteiger partial charge in [-0.05, 0) is 32.3 Å². The topological polar surface area (TPSA) is 41.5 Å². The summed E-state index contributed by atoms with van der Waals surface area (Å²) in [4.78, 5) is 0. The molecule has 1 aliphatic rings. The lowest BCUT2D eigenvalue weighted by Gasteiger charge is -2.15. The number of aryl methyl sites for hydroxylation is 1. The van der Waals surface area contributed by atoms with E-state index in [1.54, 1.807) is 0 Å². The number of aliphatic hydroxyl groups is 1. The average molecular weight is 249 g/mol. The second kappa shape index (κ2) is 6.21. The minimum Gasteiger partial charge on any atom is -0.491 e. The highest BCUT2D eigenvalue weighted by molar-refractivity contribution is 5.37. The van der Waals surface area contributed by atoms with Crippen molar-refractivity contribution in [2.75, 3.05) is 6.61 Å². The van der Waals surface area contributed by atoms with Crippen molar-refractivity contribution in [1.82, 2.24) is 5.32 Å². The summed E-state index contributed by atoms with van der Waals surface area (Å²) in [5, 5.41) is 13.1. The van der Waals surface area contributed by atoms with Crippen LogP contribution in [0.4, 0.5) is 0 Å². The van der Waals surface area contributed by atoms with E-state index in [4.69, 9.17) is 4.74 Å². The van der Waals surface area contributed by atoms with Crippen molar-refractivity contribution >= 4 is 0 Å². The van der Waals surface area contributed by atoms with Crippen molar-refractivity contribution in [2.24, 2.45) is 0 Å². The third kappa shape index (κ3) is 4.00. The van der Waals surface area contributed by atoms with Gasteiger partial charge in [0.15, 0.2) is 0 Å². The Balaban J connectivity index is 1.97. The van der Waals surface area contributed by atoms with E-state index in [9.17, 15) is 5.11 Å². The number of rotatable bonds is 7. The van der Waals surface area contributed by atoms with Crippen LogP contribution in [0.3, 0.4) is 0 Å². The van der Waals surface area contributed by atoms with Gasteiger partial charge in [0.1, 0.15) is 12.4 Å². The number of hydrogen-bond donors (Lipinski definition) is 2. The van der Waals surface area contributed by atoms with E-state index in [2.05, 4.69) is 18.3 Å². The Labute approximate surface area is 109 Å². The molecule has 0 radical (unpaired) electrons. The lowest BCUT2D eigenvalue weighted by atomic mass is 10.1. The van der Waals surface area contributed by atoms with E-state index in [0.29, 0.717) is 12.6 Å². The van der Waals surface area contributed by atoms with Gasteiger partial charge in [-0.15, -0.1) is 0 Å². The van der Waals surface area contributed by atoms with Crippen LogP contribution < -0.4 is 10.1 Å². The number of benzene rings is 1. The molecule has 100 valence electrons. The maximum atomic E-state index is 9.55. The highest BCUT2D eigenvalue weighted by Crippen LogP contribution is 2.23. The van der Waals surface area contributed by atoms with Crippen molar-refractivity contribution in [3.8, 4) is 5.75 Å². The van der Waals surface area contributed by atoms with Crippen LogP contribution in [0.2, 0.25) is 0 Å². The molecule has 2 N–H and O–H groups in total. The van der Waals surface area contributed by atoms with Gasteiger partial charge in [-0.25, -0.2) is 0 Å². The fourth-order valence-corrected chi connectivity index (χ4v) is 1.83. The Hall–Kier alpha value is -1.06. The third-order valence-electron chi connectivity index (χ3n) is 3.28. The second-order valence-electron chi connectivity index (χ2n) is 5.14. The quantitative estimate of drug-likeness (QED) is 0.779. The van der Waals surface area contributed by atoms with Crippen molar-refractivity contribution in [3.05, 3.63) is 29.3 Å². The lowest BCUT2D eigenvalue weighted by molar-refractivity contribution is 0.104. The van der Waals surface area contributed by atoms with Gasteiger partial charge in [-0.1, -0.05) is 24.6 Å². The first-order chi connectivity index (χ1) is 8.69. The van der Waals surface area contributed by atoms with E-state index >= 15 is 0 Å². The van der Waals surface area contributed by atoms with Crippen LogP contribution in [0.5, 0.6) is 5.75 Å². The molecular weight excluding hydrogens is 226 g/mol. The fourth-order valence-electron chi connectivity index (χ4n) is 1.83. The number of nitrogens with one attached hydrogen (secondary N) is 1. The first-order valence-electron chi connectivity index (χ1n) is 6.82. The summed E-state index contributed by atoms with van der Waals surface area (Å²) in [6.07, 6.45) is 2.92. The molecule has 0 aliphatic heterocycles. The molecule has 0 amide bonds. The molecule has 1 atom stereocenters. The van der Waals surface area contributed by atoms with Crippen LogP contribution >= 0.6 is 0 Å². The molecule has 3 nitrogen and oxygen atoms in total. The first-order valence-corrected chi connectivity index (χ1v) is 6.82. The molecule has 0 spiro atoms. The molecule has 1 aromatic carbocycles. The fraction of sp³-hybridized carbons (Fsp3) is 0.600. The molecule has 1 saturated carbocycles. The monoisotopic (exact) mass is 249 g/mol. The van der Waals surface area contributed by atoms with Gasteiger partial charge in [-0.2, -0.15) is 0 Å². The van der Waals surface area contributed by atoms with Crippen LogP contribution in [-0.2, 0) is 6.54 Å². The van der Waals surface area contributed by atoms with Gasteiger partial charge in [0.05, 0.1) is 6.10 Å². The van der Waals surface area contributed by atoms with Crippen molar-refractivity contribution in [2.45, 2.75) is 51.8 Å². The molecule has 0 heterocycles. The highest BCUT2D eigenvalue weighted by atomic mass is 16.5. The second-order valence-corrected chi connectivity index (χ2v) is 5.14. The van der Waals surface area contributed by atoms with Gasteiger partial charge in [-0.3, -0.25) is 0 Å². The Morgan fingerprint density at radius 3 is 2.89 bits per heavy atom. The maximum absolute atomic E-state index is 9.55. The minimum atomic E-state index is -0.379. The van der Waals surface area contributed by atoms with Crippen LogP contribution in [0.1, 0.15) is 37.3 Å². The van der Waals surface area contributed by atoms with E-state index in [-0.39, 0.29) is 6.10 Å². The van der Waals surface area contributed by atoms with E-state index in [1.807, 2.05) is 19.1 Å². The Kier molecular flexibility index (Phi) is 4.61. The molecule has 0 bridgehead atoms. The summed E-state index contributed by atoms with van der Waals surface area (Å²) >= 11 is 0. The van der Waals surface area contributed by atoms with Crippen LogP contribution in [0.15, 0.2) is 18.2 Å². The van der Waals surface area contributed by atoms with E-state index in [1.165, 1.54) is 24.0 Å². The zero-order chi connectivity index (χ0) is 13.0. The predicted octanol–water partition coefficient (Wildman–Crippen LogP) is 2.40. The average Bonchev–Trinajstić information content (AvgIpc) is 3.18. The van der Waals surface area contributed by atoms with Gasteiger partial charge < -0.3 is 15.2 Å². The van der Waals surface area contributed by atoms with Crippen molar-refractivity contribution < 1.29 is 9.84 Å². The molecule has 1 unspecified atom stereocenters. The molecule has 18 heavy (non-hydrogen) atoms. The minimum absolute atomic E-state index is 0.371. The lowest BCUT2D eigenvalue weighted by Crippen LogP contribution is -2.19. The van der Waals surface area contributed by atoms with Crippen LogP contribution in [0.25, 0.3) is 0 Å². The summed E-state index contributed by atoms with van der Waals surface area (Å²) in [6, 6.07) is 6.90. The van der Waals surface area contributed by atoms with Crippen molar-refractivity contribution in [3.63, 3.8) is 0 Å². The van der Waals surface area contributed by atoms with Crippen LogP contribution in [0, 0.1) is 6.92 Å². The largest absolute Gasteiger partial charge is 0.491 e. The molecular formula is C15H23NO2. The molecule has 1 fully saturated rings. The van der Waals surface area contributed by atoms with Gasteiger partial charge in [0, 0.05) is 18.2 Å². The number of hydrogen-bond acceptors (Lipinski definition) is 3. The third-order valence-corrected chi connectivity index (χ3v) is 3.28. The first kappa shape index (κ1) is 13.4. The Bertz CT molecular complexity index is 388. The summed E-state index contributed by atoms with van der Waals surface area (Å²) in [5.74, 6) is 0.890. The smallest absolute Gasteiger partial charge is 0.123 e. The standard InChI is InChI=1S/C15H23NO2/c1-3-14(17)10-18-15-7-4-11(2)8-12(15)9-16-13-5-6-13/h4,7-8,13-14,16-17H,3,5-6,9-10H2,1-2H3. The molecule has 0 saturated heterocycles. The summed E-state index contributed by atoms with van der Waals surface area (Å²) < 4.78 is 5.71. The van der Waals surface area contributed by atoms with E-state index in [0.717, 1.165) is 18.7 Å². The molecule has 1 aromatic rings. The summed E-state index contributed by atoms with van der Waals surface area (Å²) in [5.41, 5.74) is 2.43. The number of ether oxygens (including phenoxy) is 1. The molecule has 2 rings (SSSR count). The zero-order valence-electron chi connectivity index (χ0n) is 11.3. The Morgan fingerprint density at radius 1 is 1.44 bits per heavy atom. The molecule has 0 aromatic heterocycles. The van der Waals surface area contributed by atoms with Crippen molar-refractivity contribution in [1.29, 1.82) is 0 Å². The Morgan fingerprint density at radius 2 is 2.22 bits per heavy atom. The van der Waals surface area contributed by atoms with Gasteiger partial charge in [0.25, 0.3) is 0 Å². The summed E-state index contributed by atoms with van der Waals surface area (Å²) in [6.45, 7) is 5.27.